The van der Waals surface area contributed by atoms with Crippen LogP contribution in [0.25, 0.3) is 0 Å². The highest BCUT2D eigenvalue weighted by Crippen LogP contribution is 2.33. The molecule has 3 aliphatic rings. The van der Waals surface area contributed by atoms with E-state index in [-0.39, 0.29) is 18.9 Å². The average Bonchev–Trinajstić information content (AvgIpc) is 3.70. The summed E-state index contributed by atoms with van der Waals surface area (Å²) in [4.78, 5) is 13.3. The van der Waals surface area contributed by atoms with E-state index in [1.807, 2.05) is 6.08 Å². The molecule has 17 unspecified atom stereocenters. The Morgan fingerprint density at radius 2 is 0.812 bits per heavy atom. The summed E-state index contributed by atoms with van der Waals surface area (Å²) in [5.74, 6) is -0.289. The number of unbranched alkanes of at least 4 members (excludes halogenated alkanes) is 16. The van der Waals surface area contributed by atoms with Crippen LogP contribution in [-0.4, -0.2) is 193 Å². The fraction of sp³-hybridized carbons (Fsp3) is 0.742. The molecule has 12 N–H and O–H groups in total. The van der Waals surface area contributed by atoms with Gasteiger partial charge in [0.05, 0.1) is 38.6 Å². The highest BCUT2D eigenvalue weighted by molar-refractivity contribution is 5.76. The summed E-state index contributed by atoms with van der Waals surface area (Å²) in [6.07, 6.45) is 34.4. The van der Waals surface area contributed by atoms with Gasteiger partial charge < -0.3 is 89.9 Å². The number of aliphatic hydroxyl groups is 11. The third kappa shape index (κ3) is 30.7. The Hall–Kier alpha value is -3.29. The lowest BCUT2D eigenvalue weighted by molar-refractivity contribution is -0.379. The topological polar surface area (TPSA) is 307 Å². The lowest BCUT2D eigenvalue weighted by Crippen LogP contribution is -2.66. The second-order valence-corrected chi connectivity index (χ2v) is 22.5. The van der Waals surface area contributed by atoms with Crippen molar-refractivity contribution in [3.63, 3.8) is 0 Å². The van der Waals surface area contributed by atoms with Crippen molar-refractivity contribution in [2.24, 2.45) is 0 Å². The van der Waals surface area contributed by atoms with Crippen molar-refractivity contribution in [3.05, 3.63) is 97.2 Å². The SMILES string of the molecule is CC/C=C\C/C=C\C/C=C\C/C=C\C/C=C\C/C=C\C/C=C\CCCCCCCCCCCCCC(=O)NC(COC1OC(CO)C(OC2OC(CO)C(OC3OC(CO)C(O)C(O)C3O)C(O)C2O)C(O)C1O)C(O)/C=C/CCCCCCC. The van der Waals surface area contributed by atoms with Gasteiger partial charge in [0.2, 0.25) is 5.91 Å². The Morgan fingerprint density at radius 1 is 0.435 bits per heavy atom. The van der Waals surface area contributed by atoms with Gasteiger partial charge in [-0.3, -0.25) is 4.79 Å². The number of ether oxygens (including phenoxy) is 6. The number of rotatable bonds is 46. The number of aliphatic hydroxyl groups excluding tert-OH is 11. The molecule has 3 rings (SSSR count). The number of hydrogen-bond donors (Lipinski definition) is 12. The fourth-order valence-electron chi connectivity index (χ4n) is 10.2. The Kier molecular flexibility index (Phi) is 42.6. The molecule has 488 valence electrons. The summed E-state index contributed by atoms with van der Waals surface area (Å²) in [5, 5.41) is 120. The summed E-state index contributed by atoms with van der Waals surface area (Å²) >= 11 is 0. The molecule has 3 saturated heterocycles. The smallest absolute Gasteiger partial charge is 0.220 e. The quantitative estimate of drug-likeness (QED) is 0.0217. The zero-order valence-corrected chi connectivity index (χ0v) is 51.0. The highest BCUT2D eigenvalue weighted by atomic mass is 16.8. The molecule has 17 atom stereocenters. The van der Waals surface area contributed by atoms with E-state index in [9.17, 15) is 61.0 Å². The van der Waals surface area contributed by atoms with Gasteiger partial charge in [0.15, 0.2) is 18.9 Å². The van der Waals surface area contributed by atoms with Gasteiger partial charge in [-0.15, -0.1) is 0 Å². The Bertz CT molecular complexity index is 1920. The predicted molar refractivity (Wildman–Crippen MR) is 327 cm³/mol. The van der Waals surface area contributed by atoms with Crippen molar-refractivity contribution in [1.82, 2.24) is 5.32 Å². The van der Waals surface area contributed by atoms with Gasteiger partial charge in [0.25, 0.3) is 0 Å². The van der Waals surface area contributed by atoms with Crippen LogP contribution in [0.1, 0.15) is 181 Å². The molecule has 0 spiro atoms. The zero-order chi connectivity index (χ0) is 61.9. The number of hydrogen-bond acceptors (Lipinski definition) is 18. The summed E-state index contributed by atoms with van der Waals surface area (Å²) in [7, 11) is 0. The number of nitrogens with one attached hydrogen (secondary N) is 1. The molecule has 0 aliphatic carbocycles. The first-order chi connectivity index (χ1) is 41.3. The standard InChI is InChI=1S/C66H111NO18/c1-3-5-7-9-11-12-13-14-15-16-17-18-19-20-21-22-23-24-25-26-27-28-29-30-31-32-33-34-35-36-38-40-42-44-54(72)67-49(50(71)43-41-39-37-10-8-6-4-2)48-80-64-60(78)57(75)62(52(46-69)82-64)85-66-61(79)58(76)63(53(47-70)83-66)84-65-59(77)56(74)55(73)51(45-68)81-65/h5,7,11-12,14-15,17-18,20-21,23-24,26-27,41,43,49-53,55-66,68-71,73-79H,3-4,6,8-10,13,16,19,22,25,28-40,42,44-48H2,1-2H3,(H,67,72)/b7-5-,12-11-,15-14-,18-17-,21-20-,24-23-,27-26-,43-41+. The van der Waals surface area contributed by atoms with Crippen molar-refractivity contribution in [1.29, 1.82) is 0 Å². The summed E-state index contributed by atoms with van der Waals surface area (Å²) in [6, 6.07) is -0.977. The lowest BCUT2D eigenvalue weighted by atomic mass is 9.96. The van der Waals surface area contributed by atoms with Crippen LogP contribution >= 0.6 is 0 Å². The Labute approximate surface area is 507 Å². The van der Waals surface area contributed by atoms with Gasteiger partial charge >= 0.3 is 0 Å². The van der Waals surface area contributed by atoms with Crippen LogP contribution in [-0.2, 0) is 33.2 Å². The van der Waals surface area contributed by atoms with Crippen LogP contribution in [0.3, 0.4) is 0 Å². The minimum atomic E-state index is -1.98. The fourth-order valence-corrected chi connectivity index (χ4v) is 10.2. The minimum absolute atomic E-state index is 0.233. The minimum Gasteiger partial charge on any atom is -0.394 e. The van der Waals surface area contributed by atoms with Crippen LogP contribution in [0.4, 0.5) is 0 Å². The summed E-state index contributed by atoms with van der Waals surface area (Å²) < 4.78 is 34.1. The van der Waals surface area contributed by atoms with Crippen LogP contribution in [0, 0.1) is 0 Å². The average molecular weight is 1210 g/mol. The molecule has 0 aromatic rings. The second-order valence-electron chi connectivity index (χ2n) is 22.5. The van der Waals surface area contributed by atoms with Crippen LogP contribution in [0.5, 0.6) is 0 Å². The predicted octanol–water partition coefficient (Wildman–Crippen LogP) is 6.93. The third-order valence-corrected chi connectivity index (χ3v) is 15.4. The molecule has 0 bridgehead atoms. The van der Waals surface area contributed by atoms with Gasteiger partial charge in [-0.25, -0.2) is 0 Å². The first-order valence-electron chi connectivity index (χ1n) is 32.0. The largest absolute Gasteiger partial charge is 0.394 e. The summed E-state index contributed by atoms with van der Waals surface area (Å²) in [6.45, 7) is 1.51. The maximum atomic E-state index is 13.3. The van der Waals surface area contributed by atoms with Crippen LogP contribution in [0.15, 0.2) is 97.2 Å². The molecule has 0 saturated carbocycles. The van der Waals surface area contributed by atoms with Crippen molar-refractivity contribution in [2.45, 2.75) is 285 Å². The van der Waals surface area contributed by atoms with Crippen LogP contribution in [0.2, 0.25) is 0 Å². The van der Waals surface area contributed by atoms with E-state index in [4.69, 9.17) is 28.4 Å². The zero-order valence-electron chi connectivity index (χ0n) is 51.0. The van der Waals surface area contributed by atoms with E-state index in [1.165, 1.54) is 38.5 Å². The highest BCUT2D eigenvalue weighted by Gasteiger charge is 2.53. The number of carbonyl (C=O) groups excluding carboxylic acids is 1. The molecule has 3 aliphatic heterocycles. The molecule has 3 heterocycles. The van der Waals surface area contributed by atoms with Crippen LogP contribution < -0.4 is 5.32 Å². The van der Waals surface area contributed by atoms with E-state index in [0.29, 0.717) is 6.42 Å². The molecule has 3 fully saturated rings. The van der Waals surface area contributed by atoms with Gasteiger partial charge in [-0.1, -0.05) is 195 Å². The number of allylic oxidation sites excluding steroid dienone is 15. The van der Waals surface area contributed by atoms with Gasteiger partial charge in [-0.2, -0.15) is 0 Å². The molecule has 1 amide bonds. The third-order valence-electron chi connectivity index (χ3n) is 15.4. The molecule has 0 aromatic carbocycles. The van der Waals surface area contributed by atoms with E-state index in [2.05, 4.69) is 104 Å². The Balaban J connectivity index is 1.34. The summed E-state index contributed by atoms with van der Waals surface area (Å²) in [5.41, 5.74) is 0. The van der Waals surface area contributed by atoms with Gasteiger partial charge in [0.1, 0.15) is 73.2 Å². The van der Waals surface area contributed by atoms with E-state index < -0.39 is 124 Å². The van der Waals surface area contributed by atoms with E-state index in [1.54, 1.807) is 6.08 Å². The van der Waals surface area contributed by atoms with Gasteiger partial charge in [-0.05, 0) is 77.0 Å². The maximum Gasteiger partial charge on any atom is 0.220 e. The maximum absolute atomic E-state index is 13.3. The molecular weight excluding hydrogens is 1090 g/mol. The molecule has 0 radical (unpaired) electrons. The van der Waals surface area contributed by atoms with Crippen molar-refractivity contribution >= 4 is 5.91 Å². The van der Waals surface area contributed by atoms with Crippen molar-refractivity contribution < 1.29 is 89.4 Å². The van der Waals surface area contributed by atoms with E-state index in [0.717, 1.165) is 116 Å². The molecule has 85 heavy (non-hydrogen) atoms. The van der Waals surface area contributed by atoms with Crippen molar-refractivity contribution in [3.8, 4) is 0 Å². The molecule has 19 heteroatoms. The molecular formula is C66H111NO18. The second kappa shape index (κ2) is 47.7. The normalized spacial score (nSPS) is 29.6. The number of amides is 1. The molecule has 19 nitrogen and oxygen atoms in total. The first kappa shape index (κ1) is 76.0. The van der Waals surface area contributed by atoms with E-state index >= 15 is 0 Å². The first-order valence-corrected chi connectivity index (χ1v) is 32.0. The van der Waals surface area contributed by atoms with Crippen molar-refractivity contribution in [2.75, 3.05) is 26.4 Å². The number of carbonyl (C=O) groups is 1. The van der Waals surface area contributed by atoms with Gasteiger partial charge in [0, 0.05) is 6.42 Å². The monoisotopic (exact) mass is 1210 g/mol. The Morgan fingerprint density at radius 3 is 1.27 bits per heavy atom. The lowest BCUT2D eigenvalue weighted by Gasteiger charge is -2.48. The molecule has 0 aromatic heterocycles.